The average Bonchev–Trinajstić information content (AvgIpc) is 3.24. The first kappa shape index (κ1) is 16.0. The van der Waals surface area contributed by atoms with Gasteiger partial charge in [0, 0.05) is 11.4 Å². The lowest BCUT2D eigenvalue weighted by Crippen LogP contribution is -2.28. The van der Waals surface area contributed by atoms with Crippen molar-refractivity contribution >= 4 is 33.2 Å². The van der Waals surface area contributed by atoms with Crippen LogP contribution in [0.4, 0.5) is 0 Å². The zero-order valence-corrected chi connectivity index (χ0v) is 14.4. The van der Waals surface area contributed by atoms with E-state index < -0.39 is 6.10 Å². The highest BCUT2D eigenvalue weighted by molar-refractivity contribution is 9.10. The molecule has 0 spiro atoms. The summed E-state index contributed by atoms with van der Waals surface area (Å²) in [5.41, 5.74) is 1.87. The lowest BCUT2D eigenvalue weighted by molar-refractivity contribution is 0.0888. The van der Waals surface area contributed by atoms with Crippen LogP contribution in [0.5, 0.6) is 0 Å². The highest BCUT2D eigenvalue weighted by Gasteiger charge is 2.13. The Balaban J connectivity index is 1.60. The molecule has 2 N–H and O–H groups in total. The number of furan rings is 1. The summed E-state index contributed by atoms with van der Waals surface area (Å²) < 4.78 is 5.66. The second-order valence-corrected chi connectivity index (χ2v) is 6.66. The van der Waals surface area contributed by atoms with Crippen molar-refractivity contribution in [2.24, 2.45) is 0 Å². The third-order valence-corrected chi connectivity index (χ3v) is 4.70. The molecule has 1 unspecified atom stereocenters. The minimum atomic E-state index is -0.769. The fourth-order valence-corrected chi connectivity index (χ4v) is 3.18. The fraction of sp³-hybridized carbons (Fsp3) is 0.118. The first-order valence-corrected chi connectivity index (χ1v) is 8.66. The molecule has 0 radical (unpaired) electrons. The van der Waals surface area contributed by atoms with Crippen LogP contribution in [0, 0.1) is 0 Å². The van der Waals surface area contributed by atoms with Crippen LogP contribution in [0.2, 0.25) is 0 Å². The Morgan fingerprint density at radius 2 is 2.00 bits per heavy atom. The van der Waals surface area contributed by atoms with Gasteiger partial charge in [0.25, 0.3) is 5.91 Å². The second-order valence-electron chi connectivity index (χ2n) is 4.93. The molecule has 0 saturated carbocycles. The zero-order valence-electron chi connectivity index (χ0n) is 12.0. The minimum Gasteiger partial charge on any atom is -0.444 e. The van der Waals surface area contributed by atoms with E-state index in [0.717, 1.165) is 11.1 Å². The molecule has 0 aliphatic heterocycles. The number of amides is 1. The van der Waals surface area contributed by atoms with Crippen LogP contribution in [0.1, 0.15) is 22.2 Å². The molecule has 0 fully saturated rings. The number of carbonyl (C=O) groups excluding carboxylic acids is 1. The molecule has 118 valence electrons. The molecule has 1 atom stereocenters. The van der Waals surface area contributed by atoms with Crippen molar-refractivity contribution in [2.45, 2.75) is 6.10 Å². The van der Waals surface area contributed by atoms with Crippen LogP contribution in [-0.2, 0) is 0 Å². The number of thiophene rings is 1. The van der Waals surface area contributed by atoms with Crippen LogP contribution in [0.15, 0.2) is 63.0 Å². The summed E-state index contributed by atoms with van der Waals surface area (Å²) in [6.07, 6.45) is -0.769. The summed E-state index contributed by atoms with van der Waals surface area (Å²) in [6.45, 7) is 0.121. The lowest BCUT2D eigenvalue weighted by Gasteiger charge is -2.12. The Kier molecular flexibility index (Phi) is 4.95. The lowest BCUT2D eigenvalue weighted by atomic mass is 10.1. The Labute approximate surface area is 145 Å². The van der Waals surface area contributed by atoms with Gasteiger partial charge in [-0.3, -0.25) is 4.79 Å². The summed E-state index contributed by atoms with van der Waals surface area (Å²) in [5.74, 6) is -0.151. The molecule has 0 aliphatic rings. The van der Waals surface area contributed by atoms with Crippen molar-refractivity contribution < 1.29 is 14.3 Å². The number of aliphatic hydroxyl groups is 1. The number of halogens is 1. The van der Waals surface area contributed by atoms with Gasteiger partial charge in [-0.2, -0.15) is 0 Å². The molecule has 2 aromatic heterocycles. The number of hydrogen-bond acceptors (Lipinski definition) is 4. The van der Waals surface area contributed by atoms with E-state index in [1.54, 1.807) is 23.5 Å². The quantitative estimate of drug-likeness (QED) is 0.683. The number of aliphatic hydroxyl groups excluding tert-OH is 1. The Hall–Kier alpha value is -1.89. The van der Waals surface area contributed by atoms with Gasteiger partial charge in [-0.25, -0.2) is 0 Å². The predicted octanol–water partition coefficient (Wildman–Crippen LogP) is 4.23. The van der Waals surface area contributed by atoms with E-state index >= 15 is 0 Å². The van der Waals surface area contributed by atoms with Gasteiger partial charge in [0.1, 0.15) is 0 Å². The highest BCUT2D eigenvalue weighted by Crippen LogP contribution is 2.26. The van der Waals surface area contributed by atoms with Gasteiger partial charge in [0.05, 0.1) is 6.10 Å². The summed E-state index contributed by atoms with van der Waals surface area (Å²) in [7, 11) is 0. The van der Waals surface area contributed by atoms with Crippen LogP contribution < -0.4 is 5.32 Å². The topological polar surface area (TPSA) is 62.5 Å². The second kappa shape index (κ2) is 7.12. The number of carbonyl (C=O) groups is 1. The third kappa shape index (κ3) is 3.90. The zero-order chi connectivity index (χ0) is 16.2. The van der Waals surface area contributed by atoms with E-state index in [1.807, 2.05) is 35.7 Å². The Morgan fingerprint density at radius 3 is 2.61 bits per heavy atom. The molecule has 2 heterocycles. The van der Waals surface area contributed by atoms with Crippen LogP contribution in [-0.4, -0.2) is 17.6 Å². The third-order valence-electron chi connectivity index (χ3n) is 3.35. The highest BCUT2D eigenvalue weighted by atomic mass is 79.9. The van der Waals surface area contributed by atoms with Crippen LogP contribution >= 0.6 is 27.3 Å². The summed E-state index contributed by atoms with van der Waals surface area (Å²) in [6, 6.07) is 15.0. The molecule has 0 saturated heterocycles. The van der Waals surface area contributed by atoms with Gasteiger partial charge in [-0.05, 0) is 50.6 Å². The molecule has 0 aliphatic carbocycles. The number of rotatable bonds is 5. The standard InChI is InChI=1S/C17H14BrNO3S/c18-16-8-7-14(22-16)17(21)19-10-13(20)11-3-5-12(6-4-11)15-2-1-9-23-15/h1-9,13,20H,10H2,(H,19,21). The van der Waals surface area contributed by atoms with Gasteiger partial charge >= 0.3 is 0 Å². The average molecular weight is 392 g/mol. The molecule has 4 nitrogen and oxygen atoms in total. The maximum Gasteiger partial charge on any atom is 0.287 e. The van der Waals surface area contributed by atoms with E-state index in [0.29, 0.717) is 4.67 Å². The first-order valence-electron chi connectivity index (χ1n) is 6.99. The van der Waals surface area contributed by atoms with Gasteiger partial charge in [0.2, 0.25) is 0 Å². The molecule has 3 aromatic rings. The molecular weight excluding hydrogens is 378 g/mol. The van der Waals surface area contributed by atoms with E-state index in [2.05, 4.69) is 27.3 Å². The molecule has 6 heteroatoms. The fourth-order valence-electron chi connectivity index (χ4n) is 2.14. The molecule has 3 rings (SSSR count). The van der Waals surface area contributed by atoms with Crippen molar-refractivity contribution in [1.29, 1.82) is 0 Å². The number of benzene rings is 1. The van der Waals surface area contributed by atoms with Crippen molar-refractivity contribution in [3.05, 3.63) is 69.9 Å². The summed E-state index contributed by atoms with van der Waals surface area (Å²) >= 11 is 4.82. The van der Waals surface area contributed by atoms with Crippen LogP contribution in [0.3, 0.4) is 0 Å². The van der Waals surface area contributed by atoms with E-state index in [-0.39, 0.29) is 18.2 Å². The number of nitrogens with one attached hydrogen (secondary N) is 1. The van der Waals surface area contributed by atoms with E-state index in [9.17, 15) is 9.90 Å². The smallest absolute Gasteiger partial charge is 0.287 e. The van der Waals surface area contributed by atoms with Gasteiger partial charge in [0.15, 0.2) is 10.4 Å². The van der Waals surface area contributed by atoms with E-state index in [4.69, 9.17) is 4.42 Å². The van der Waals surface area contributed by atoms with Crippen molar-refractivity contribution in [3.63, 3.8) is 0 Å². The van der Waals surface area contributed by atoms with Crippen molar-refractivity contribution in [1.82, 2.24) is 5.32 Å². The van der Waals surface area contributed by atoms with Crippen molar-refractivity contribution in [2.75, 3.05) is 6.54 Å². The predicted molar refractivity (Wildman–Crippen MR) is 93.5 cm³/mol. The van der Waals surface area contributed by atoms with Crippen LogP contribution in [0.25, 0.3) is 10.4 Å². The SMILES string of the molecule is O=C(NCC(O)c1ccc(-c2cccs2)cc1)c1ccc(Br)o1. The van der Waals surface area contributed by atoms with Gasteiger partial charge in [-0.15, -0.1) is 11.3 Å². The molecule has 0 bridgehead atoms. The summed E-state index contributed by atoms with van der Waals surface area (Å²) in [4.78, 5) is 13.1. The first-order chi connectivity index (χ1) is 11.1. The Morgan fingerprint density at radius 1 is 1.22 bits per heavy atom. The summed E-state index contributed by atoms with van der Waals surface area (Å²) in [5, 5.41) is 14.9. The monoisotopic (exact) mass is 391 g/mol. The van der Waals surface area contributed by atoms with E-state index in [1.165, 1.54) is 4.88 Å². The molecule has 23 heavy (non-hydrogen) atoms. The molecule has 1 aromatic carbocycles. The van der Waals surface area contributed by atoms with Gasteiger partial charge in [-0.1, -0.05) is 30.3 Å². The molecule has 1 amide bonds. The van der Waals surface area contributed by atoms with Crippen molar-refractivity contribution in [3.8, 4) is 10.4 Å². The maximum absolute atomic E-state index is 11.9. The number of hydrogen-bond donors (Lipinski definition) is 2. The normalized spacial score (nSPS) is 12.1. The minimum absolute atomic E-state index is 0.121. The maximum atomic E-state index is 11.9. The Bertz CT molecular complexity index is 781. The largest absolute Gasteiger partial charge is 0.444 e. The molecular formula is C17H14BrNO3S. The van der Waals surface area contributed by atoms with Gasteiger partial charge < -0.3 is 14.8 Å².